The van der Waals surface area contributed by atoms with Crippen molar-refractivity contribution in [1.29, 1.82) is 0 Å². The molecule has 1 aliphatic rings. The van der Waals surface area contributed by atoms with Crippen molar-refractivity contribution in [3.63, 3.8) is 0 Å². The molecule has 5 aromatic heterocycles. The van der Waals surface area contributed by atoms with Crippen LogP contribution in [0.2, 0.25) is 0 Å². The molecule has 198 valence electrons. The average Bonchev–Trinajstić information content (AvgIpc) is 3.76. The highest BCUT2D eigenvalue weighted by Gasteiger charge is 2.21. The van der Waals surface area contributed by atoms with Gasteiger partial charge in [-0.25, -0.2) is 14.3 Å². The van der Waals surface area contributed by atoms with Gasteiger partial charge in [-0.2, -0.15) is 19.8 Å². The van der Waals surface area contributed by atoms with E-state index in [1.165, 1.54) is 10.9 Å². The van der Waals surface area contributed by atoms with E-state index in [4.69, 9.17) is 19.9 Å². The predicted molar refractivity (Wildman–Crippen MR) is 149 cm³/mol. The number of pyridine rings is 1. The highest BCUT2D eigenvalue weighted by molar-refractivity contribution is 5.95. The number of carbonyl (C=O) groups excluding carboxylic acids is 1. The fraction of sp³-hybridized carbons (Fsp3) is 0.172. The number of ether oxygens (including phenoxy) is 1. The van der Waals surface area contributed by atoms with Crippen molar-refractivity contribution in [1.82, 2.24) is 39.1 Å². The van der Waals surface area contributed by atoms with Crippen molar-refractivity contribution in [2.24, 2.45) is 0 Å². The van der Waals surface area contributed by atoms with Gasteiger partial charge in [-0.05, 0) is 31.2 Å². The molecular formula is C29H25N9O2. The third-order valence-electron chi connectivity index (χ3n) is 6.87. The summed E-state index contributed by atoms with van der Waals surface area (Å²) < 4.78 is 10.6. The van der Waals surface area contributed by atoms with Crippen LogP contribution in [0, 0.1) is 6.92 Å². The SMILES string of the molecule is Cc1cc(-c2cc3nc(-n4ccc(-c5ccccc5)n4)cc(N4CCOCC4)n3n2)nn1C(=O)c1cccnc1. The van der Waals surface area contributed by atoms with Crippen molar-refractivity contribution in [3.8, 4) is 28.5 Å². The first-order valence-electron chi connectivity index (χ1n) is 13.0. The largest absolute Gasteiger partial charge is 0.378 e. The van der Waals surface area contributed by atoms with Gasteiger partial charge in [0.25, 0.3) is 5.91 Å². The molecule has 0 N–H and O–H groups in total. The lowest BCUT2D eigenvalue weighted by Gasteiger charge is -2.29. The van der Waals surface area contributed by atoms with Crippen LogP contribution < -0.4 is 4.90 Å². The summed E-state index contributed by atoms with van der Waals surface area (Å²) >= 11 is 0. The quantitative estimate of drug-likeness (QED) is 0.332. The lowest BCUT2D eigenvalue weighted by atomic mass is 10.2. The minimum Gasteiger partial charge on any atom is -0.378 e. The van der Waals surface area contributed by atoms with Gasteiger partial charge in [-0.15, -0.1) is 0 Å². The molecule has 0 atom stereocenters. The van der Waals surface area contributed by atoms with Crippen LogP contribution in [-0.4, -0.2) is 71.4 Å². The fourth-order valence-corrected chi connectivity index (χ4v) is 4.84. The Balaban J connectivity index is 1.31. The molecule has 0 unspecified atom stereocenters. The second-order valence-corrected chi connectivity index (χ2v) is 9.51. The minimum absolute atomic E-state index is 0.247. The van der Waals surface area contributed by atoms with E-state index >= 15 is 0 Å². The molecule has 0 spiro atoms. The average molecular weight is 532 g/mol. The Morgan fingerprint density at radius 1 is 0.875 bits per heavy atom. The molecular weight excluding hydrogens is 506 g/mol. The molecule has 0 amide bonds. The van der Waals surface area contributed by atoms with Crippen LogP contribution >= 0.6 is 0 Å². The third-order valence-corrected chi connectivity index (χ3v) is 6.87. The van der Waals surface area contributed by atoms with Crippen molar-refractivity contribution >= 4 is 17.4 Å². The maximum atomic E-state index is 13.0. The van der Waals surface area contributed by atoms with Gasteiger partial charge in [0.2, 0.25) is 0 Å². The maximum Gasteiger partial charge on any atom is 0.279 e. The molecule has 1 saturated heterocycles. The molecule has 1 fully saturated rings. The zero-order chi connectivity index (χ0) is 27.1. The molecule has 1 aliphatic heterocycles. The van der Waals surface area contributed by atoms with Gasteiger partial charge < -0.3 is 9.64 Å². The molecule has 0 bridgehead atoms. The van der Waals surface area contributed by atoms with Crippen LogP contribution in [0.15, 0.2) is 85.3 Å². The Hall–Kier alpha value is -5.16. The lowest BCUT2D eigenvalue weighted by molar-refractivity contribution is 0.0942. The van der Waals surface area contributed by atoms with E-state index in [1.54, 1.807) is 23.0 Å². The van der Waals surface area contributed by atoms with E-state index in [2.05, 4.69) is 15.0 Å². The Bertz CT molecular complexity index is 1820. The highest BCUT2D eigenvalue weighted by Crippen LogP contribution is 2.26. The molecule has 0 radical (unpaired) electrons. The predicted octanol–water partition coefficient (Wildman–Crippen LogP) is 3.67. The number of benzene rings is 1. The summed E-state index contributed by atoms with van der Waals surface area (Å²) in [6.07, 6.45) is 5.08. The number of carbonyl (C=O) groups is 1. The van der Waals surface area contributed by atoms with Crippen molar-refractivity contribution in [2.45, 2.75) is 6.92 Å². The van der Waals surface area contributed by atoms with Gasteiger partial charge in [-0.3, -0.25) is 9.78 Å². The minimum atomic E-state index is -0.247. The number of hydrogen-bond donors (Lipinski definition) is 0. The number of rotatable bonds is 5. The molecule has 0 aliphatic carbocycles. The number of aromatic nitrogens is 8. The van der Waals surface area contributed by atoms with Crippen LogP contribution in [0.5, 0.6) is 0 Å². The van der Waals surface area contributed by atoms with Gasteiger partial charge in [-0.1, -0.05) is 30.3 Å². The second kappa shape index (κ2) is 9.86. The van der Waals surface area contributed by atoms with Crippen LogP contribution in [0.1, 0.15) is 16.1 Å². The topological polar surface area (TPSA) is 108 Å². The number of nitrogens with zero attached hydrogens (tertiary/aromatic N) is 9. The summed E-state index contributed by atoms with van der Waals surface area (Å²) in [6.45, 7) is 4.57. The Labute approximate surface area is 229 Å². The van der Waals surface area contributed by atoms with E-state index in [0.29, 0.717) is 47.3 Å². The van der Waals surface area contributed by atoms with Gasteiger partial charge in [0.15, 0.2) is 11.5 Å². The molecule has 6 aromatic rings. The monoisotopic (exact) mass is 531 g/mol. The van der Waals surface area contributed by atoms with Crippen LogP contribution in [0.25, 0.3) is 34.1 Å². The first kappa shape index (κ1) is 23.9. The molecule has 1 aromatic carbocycles. The van der Waals surface area contributed by atoms with Crippen LogP contribution in [0.4, 0.5) is 5.82 Å². The number of fused-ring (bicyclic) bond motifs is 1. The number of anilines is 1. The Kier molecular flexibility index (Phi) is 5.90. The maximum absolute atomic E-state index is 13.0. The summed E-state index contributed by atoms with van der Waals surface area (Å²) in [6, 6.07) is 21.2. The summed E-state index contributed by atoms with van der Waals surface area (Å²) in [7, 11) is 0. The molecule has 11 nitrogen and oxygen atoms in total. The van der Waals surface area contributed by atoms with E-state index < -0.39 is 0 Å². The second-order valence-electron chi connectivity index (χ2n) is 9.51. The zero-order valence-corrected chi connectivity index (χ0v) is 21.8. The number of aryl methyl sites for hydroxylation is 1. The van der Waals surface area contributed by atoms with Crippen LogP contribution in [-0.2, 0) is 4.74 Å². The van der Waals surface area contributed by atoms with Crippen molar-refractivity contribution < 1.29 is 9.53 Å². The molecule has 6 heterocycles. The van der Waals surface area contributed by atoms with Gasteiger partial charge in [0, 0.05) is 55.1 Å². The summed E-state index contributed by atoms with van der Waals surface area (Å²) in [5, 5.41) is 14.3. The molecule has 7 rings (SSSR count). The standard InChI is InChI=1S/C29H25N9O2/c1-20-16-24(33-37(20)29(39)22-8-5-10-30-19-22)25-17-27-31-26(18-28(38(27)34-25)35-12-14-40-15-13-35)36-11-9-23(32-36)21-6-3-2-4-7-21/h2-11,16-19H,12-15H2,1H3. The van der Waals surface area contributed by atoms with Gasteiger partial charge in [0.05, 0.1) is 24.5 Å². The summed E-state index contributed by atoms with van der Waals surface area (Å²) in [5.41, 5.74) is 4.91. The lowest BCUT2D eigenvalue weighted by Crippen LogP contribution is -2.37. The zero-order valence-electron chi connectivity index (χ0n) is 21.8. The number of hydrogen-bond acceptors (Lipinski definition) is 8. The van der Waals surface area contributed by atoms with E-state index in [0.717, 1.165) is 30.2 Å². The molecule has 11 heteroatoms. The first-order valence-corrected chi connectivity index (χ1v) is 13.0. The van der Waals surface area contributed by atoms with E-state index in [-0.39, 0.29) is 5.91 Å². The van der Waals surface area contributed by atoms with Gasteiger partial charge in [0.1, 0.15) is 17.2 Å². The molecule has 0 saturated carbocycles. The van der Waals surface area contributed by atoms with Crippen molar-refractivity contribution in [2.75, 3.05) is 31.2 Å². The van der Waals surface area contributed by atoms with E-state index in [1.807, 2.05) is 72.2 Å². The Morgan fingerprint density at radius 3 is 2.50 bits per heavy atom. The van der Waals surface area contributed by atoms with Crippen molar-refractivity contribution in [3.05, 3.63) is 96.6 Å². The third kappa shape index (κ3) is 4.31. The molecule has 40 heavy (non-hydrogen) atoms. The number of morpholine rings is 1. The Morgan fingerprint density at radius 2 is 1.70 bits per heavy atom. The smallest absolute Gasteiger partial charge is 0.279 e. The van der Waals surface area contributed by atoms with Crippen LogP contribution in [0.3, 0.4) is 0 Å². The normalized spacial score (nSPS) is 13.7. The van der Waals surface area contributed by atoms with Gasteiger partial charge >= 0.3 is 0 Å². The summed E-state index contributed by atoms with van der Waals surface area (Å²) in [4.78, 5) is 24.2. The fourth-order valence-electron chi connectivity index (χ4n) is 4.84. The van der Waals surface area contributed by atoms with E-state index in [9.17, 15) is 4.79 Å². The highest BCUT2D eigenvalue weighted by atomic mass is 16.5. The first-order chi connectivity index (χ1) is 19.6. The summed E-state index contributed by atoms with van der Waals surface area (Å²) in [5.74, 6) is 1.31.